The van der Waals surface area contributed by atoms with Crippen molar-refractivity contribution in [1.82, 2.24) is 24.6 Å². The molecule has 2 aromatic rings. The van der Waals surface area contributed by atoms with E-state index in [0.29, 0.717) is 11.2 Å². The van der Waals surface area contributed by atoms with Gasteiger partial charge < -0.3 is 10.6 Å². The number of nitrogens with zero attached hydrogens (tertiary/aromatic N) is 5. The third kappa shape index (κ3) is 2.31. The van der Waals surface area contributed by atoms with E-state index in [9.17, 15) is 4.79 Å². The SMILES string of the molecule is CN(C)CC(=O)On1cnc2c(N)ncnc21. The van der Waals surface area contributed by atoms with Gasteiger partial charge >= 0.3 is 5.97 Å². The van der Waals surface area contributed by atoms with E-state index in [0.717, 1.165) is 0 Å². The minimum absolute atomic E-state index is 0.167. The Morgan fingerprint density at radius 2 is 2.24 bits per heavy atom. The topological polar surface area (TPSA) is 99.2 Å². The van der Waals surface area contributed by atoms with Crippen LogP contribution in [0.1, 0.15) is 0 Å². The molecule has 8 heteroatoms. The van der Waals surface area contributed by atoms with Crippen molar-refractivity contribution in [3.63, 3.8) is 0 Å². The monoisotopic (exact) mass is 236 g/mol. The number of carbonyl (C=O) groups is 1. The van der Waals surface area contributed by atoms with Crippen molar-refractivity contribution in [2.45, 2.75) is 0 Å². The lowest BCUT2D eigenvalue weighted by Crippen LogP contribution is -2.30. The van der Waals surface area contributed by atoms with Gasteiger partial charge in [-0.15, -0.1) is 4.73 Å². The van der Waals surface area contributed by atoms with Gasteiger partial charge in [-0.1, -0.05) is 0 Å². The Morgan fingerprint density at radius 1 is 1.47 bits per heavy atom. The van der Waals surface area contributed by atoms with Crippen LogP contribution in [-0.4, -0.2) is 51.2 Å². The van der Waals surface area contributed by atoms with E-state index in [1.807, 2.05) is 0 Å². The summed E-state index contributed by atoms with van der Waals surface area (Å²) in [7, 11) is 3.54. The zero-order valence-electron chi connectivity index (χ0n) is 9.49. The molecule has 2 N–H and O–H groups in total. The van der Waals surface area contributed by atoms with Gasteiger partial charge in [0.1, 0.15) is 12.7 Å². The van der Waals surface area contributed by atoms with Crippen LogP contribution < -0.4 is 10.6 Å². The average molecular weight is 236 g/mol. The van der Waals surface area contributed by atoms with Crippen LogP contribution >= 0.6 is 0 Å². The van der Waals surface area contributed by atoms with Gasteiger partial charge in [-0.3, -0.25) is 4.90 Å². The first-order valence-electron chi connectivity index (χ1n) is 4.87. The van der Waals surface area contributed by atoms with Crippen molar-refractivity contribution < 1.29 is 9.63 Å². The van der Waals surface area contributed by atoms with Gasteiger partial charge in [-0.25, -0.2) is 19.7 Å². The smallest absolute Gasteiger partial charge is 0.346 e. The Labute approximate surface area is 97.0 Å². The summed E-state index contributed by atoms with van der Waals surface area (Å²) in [6.07, 6.45) is 2.62. The zero-order chi connectivity index (χ0) is 12.4. The predicted octanol–water partition coefficient (Wildman–Crippen LogP) is -1.07. The number of nitrogen functional groups attached to an aromatic ring is 1. The molecule has 0 aliphatic heterocycles. The minimum Gasteiger partial charge on any atom is -0.382 e. The Bertz CT molecular complexity index is 549. The lowest BCUT2D eigenvalue weighted by molar-refractivity contribution is -0.144. The molecule has 0 aliphatic rings. The first kappa shape index (κ1) is 11.3. The van der Waals surface area contributed by atoms with E-state index < -0.39 is 5.97 Å². The molecule has 0 amide bonds. The molecule has 90 valence electrons. The average Bonchev–Trinajstić information content (AvgIpc) is 2.62. The molecule has 0 aliphatic carbocycles. The van der Waals surface area contributed by atoms with Crippen LogP contribution in [0.4, 0.5) is 5.82 Å². The van der Waals surface area contributed by atoms with Crippen LogP contribution in [0.3, 0.4) is 0 Å². The molecule has 8 nitrogen and oxygen atoms in total. The van der Waals surface area contributed by atoms with E-state index in [2.05, 4.69) is 15.0 Å². The van der Waals surface area contributed by atoms with Crippen LogP contribution in [0.2, 0.25) is 0 Å². The molecular formula is C9H12N6O2. The third-order valence-electron chi connectivity index (χ3n) is 1.98. The Kier molecular flexibility index (Phi) is 2.88. The molecule has 0 radical (unpaired) electrons. The molecule has 2 heterocycles. The van der Waals surface area contributed by atoms with Gasteiger partial charge in [-0.2, -0.15) is 0 Å². The predicted molar refractivity (Wildman–Crippen MR) is 59.9 cm³/mol. The highest BCUT2D eigenvalue weighted by Crippen LogP contribution is 2.12. The van der Waals surface area contributed by atoms with Crippen LogP contribution in [0.5, 0.6) is 0 Å². The second-order valence-electron chi connectivity index (χ2n) is 3.70. The highest BCUT2D eigenvalue weighted by Gasteiger charge is 2.12. The fourth-order valence-electron chi connectivity index (χ4n) is 1.30. The van der Waals surface area contributed by atoms with E-state index >= 15 is 0 Å². The number of hydrogen-bond acceptors (Lipinski definition) is 7. The zero-order valence-corrected chi connectivity index (χ0v) is 9.49. The summed E-state index contributed by atoms with van der Waals surface area (Å²) < 4.78 is 1.18. The summed E-state index contributed by atoms with van der Waals surface area (Å²) in [6, 6.07) is 0. The summed E-state index contributed by atoms with van der Waals surface area (Å²) in [5.41, 5.74) is 6.38. The van der Waals surface area contributed by atoms with Gasteiger partial charge in [0.05, 0.1) is 6.54 Å². The van der Waals surface area contributed by atoms with Crippen molar-refractivity contribution in [1.29, 1.82) is 0 Å². The van der Waals surface area contributed by atoms with Gasteiger partial charge in [0.25, 0.3) is 0 Å². The van der Waals surface area contributed by atoms with Crippen molar-refractivity contribution in [3.8, 4) is 0 Å². The number of hydrogen-bond donors (Lipinski definition) is 1. The summed E-state index contributed by atoms with van der Waals surface area (Å²) >= 11 is 0. The maximum atomic E-state index is 11.5. The highest BCUT2D eigenvalue weighted by molar-refractivity contribution is 5.81. The normalized spacial score (nSPS) is 11.0. The number of carbonyl (C=O) groups excluding carboxylic acids is 1. The van der Waals surface area contributed by atoms with Crippen molar-refractivity contribution in [3.05, 3.63) is 12.7 Å². The van der Waals surface area contributed by atoms with Gasteiger partial charge in [0, 0.05) is 0 Å². The molecule has 0 saturated heterocycles. The maximum Gasteiger partial charge on any atom is 0.346 e. The minimum atomic E-state index is -0.411. The molecule has 2 aromatic heterocycles. The number of anilines is 1. The van der Waals surface area contributed by atoms with Gasteiger partial charge in [-0.05, 0) is 14.1 Å². The van der Waals surface area contributed by atoms with E-state index in [4.69, 9.17) is 10.6 Å². The maximum absolute atomic E-state index is 11.5. The number of imidazole rings is 1. The molecule has 0 atom stereocenters. The molecule has 0 unspecified atom stereocenters. The number of nitrogens with two attached hydrogens (primary N) is 1. The molecular weight excluding hydrogens is 224 g/mol. The Hall–Kier alpha value is -2.22. The van der Waals surface area contributed by atoms with Crippen molar-refractivity contribution in [2.24, 2.45) is 0 Å². The number of rotatable bonds is 3. The van der Waals surface area contributed by atoms with Gasteiger partial charge in [0.15, 0.2) is 11.3 Å². The Balaban J connectivity index is 2.25. The van der Waals surface area contributed by atoms with Crippen molar-refractivity contribution in [2.75, 3.05) is 26.4 Å². The molecule has 0 saturated carbocycles. The van der Waals surface area contributed by atoms with Crippen LogP contribution in [-0.2, 0) is 4.79 Å². The number of aromatic nitrogens is 4. The standard InChI is InChI=1S/C9H12N6O2/c1-14(2)3-6(16)17-15-5-13-7-8(10)11-4-12-9(7)15/h4-5H,3H2,1-2H3,(H2,10,11,12). The summed E-state index contributed by atoms with van der Waals surface area (Å²) in [4.78, 5) is 29.9. The van der Waals surface area contributed by atoms with Crippen LogP contribution in [0.25, 0.3) is 11.2 Å². The largest absolute Gasteiger partial charge is 0.382 e. The lowest BCUT2D eigenvalue weighted by Gasteiger charge is -2.08. The second kappa shape index (κ2) is 4.34. The third-order valence-corrected chi connectivity index (χ3v) is 1.98. The molecule has 0 aromatic carbocycles. The van der Waals surface area contributed by atoms with E-state index in [1.54, 1.807) is 19.0 Å². The molecule has 17 heavy (non-hydrogen) atoms. The van der Waals surface area contributed by atoms with Crippen molar-refractivity contribution >= 4 is 23.0 Å². The highest BCUT2D eigenvalue weighted by atomic mass is 16.7. The number of fused-ring (bicyclic) bond motifs is 1. The summed E-state index contributed by atoms with van der Waals surface area (Å²) in [6.45, 7) is 0.167. The number of likely N-dealkylation sites (N-methyl/N-ethyl adjacent to an activating group) is 1. The molecule has 0 spiro atoms. The summed E-state index contributed by atoms with van der Waals surface area (Å²) in [5.74, 6) is -0.163. The fraction of sp³-hybridized carbons (Fsp3) is 0.333. The van der Waals surface area contributed by atoms with E-state index in [1.165, 1.54) is 17.4 Å². The summed E-state index contributed by atoms with van der Waals surface area (Å²) in [5, 5.41) is 0. The fourth-order valence-corrected chi connectivity index (χ4v) is 1.30. The van der Waals surface area contributed by atoms with Gasteiger partial charge in [0.2, 0.25) is 5.65 Å². The molecule has 0 bridgehead atoms. The van der Waals surface area contributed by atoms with Crippen LogP contribution in [0.15, 0.2) is 12.7 Å². The van der Waals surface area contributed by atoms with Crippen LogP contribution in [0, 0.1) is 0 Å². The molecule has 2 rings (SSSR count). The van der Waals surface area contributed by atoms with E-state index in [-0.39, 0.29) is 12.4 Å². The quantitative estimate of drug-likeness (QED) is 0.724. The lowest BCUT2D eigenvalue weighted by atomic mass is 10.5. The Morgan fingerprint density at radius 3 is 2.94 bits per heavy atom. The molecule has 0 fully saturated rings. The second-order valence-corrected chi connectivity index (χ2v) is 3.70. The first-order valence-corrected chi connectivity index (χ1v) is 4.87. The first-order chi connectivity index (χ1) is 8.08.